The van der Waals surface area contributed by atoms with Gasteiger partial charge in [-0.1, -0.05) is 19.3 Å². The summed E-state index contributed by atoms with van der Waals surface area (Å²) in [6.45, 7) is 0. The molecule has 0 unspecified atom stereocenters. The molecule has 0 atom stereocenters. The Hall–Kier alpha value is -1.35. The van der Waals surface area contributed by atoms with Crippen molar-refractivity contribution in [3.8, 4) is 5.75 Å². The number of hydrogen-bond donors (Lipinski definition) is 1. The summed E-state index contributed by atoms with van der Waals surface area (Å²) in [5.41, 5.74) is 0. The van der Waals surface area contributed by atoms with Crippen LogP contribution in [0, 0.1) is 23.3 Å². The van der Waals surface area contributed by atoms with E-state index in [2.05, 4.69) is 9.46 Å². The van der Waals surface area contributed by atoms with Crippen LogP contribution in [0.1, 0.15) is 32.1 Å². The van der Waals surface area contributed by atoms with E-state index in [0.29, 0.717) is 12.8 Å². The molecule has 0 radical (unpaired) electrons. The van der Waals surface area contributed by atoms with Gasteiger partial charge in [0.25, 0.3) is 0 Å². The lowest BCUT2D eigenvalue weighted by molar-refractivity contribution is 0.321. The lowest BCUT2D eigenvalue weighted by atomic mass is 9.96. The molecule has 0 heterocycles. The molecular formula is C13H15F4NO3S. The van der Waals surface area contributed by atoms with E-state index in [1.54, 1.807) is 0 Å². The number of methoxy groups -OCH3 is 1. The zero-order valence-electron chi connectivity index (χ0n) is 11.8. The Morgan fingerprint density at radius 2 is 1.45 bits per heavy atom. The maximum atomic E-state index is 13.9. The number of sulfonamides is 1. The van der Waals surface area contributed by atoms with Crippen LogP contribution < -0.4 is 9.46 Å². The van der Waals surface area contributed by atoms with Crippen molar-refractivity contribution >= 4 is 10.0 Å². The Balaban J connectivity index is 2.46. The fourth-order valence-corrected chi connectivity index (χ4v) is 3.95. The van der Waals surface area contributed by atoms with E-state index >= 15 is 0 Å². The maximum absolute atomic E-state index is 13.9. The predicted octanol–water partition coefficient (Wildman–Crippen LogP) is 2.86. The van der Waals surface area contributed by atoms with Gasteiger partial charge in [0.1, 0.15) is 0 Å². The number of halogens is 4. The van der Waals surface area contributed by atoms with Gasteiger partial charge in [-0.25, -0.2) is 21.9 Å². The van der Waals surface area contributed by atoms with E-state index < -0.39 is 50.0 Å². The first-order chi connectivity index (χ1) is 10.3. The molecule has 1 aliphatic carbocycles. The monoisotopic (exact) mass is 341 g/mol. The van der Waals surface area contributed by atoms with Gasteiger partial charge in [0, 0.05) is 6.04 Å². The van der Waals surface area contributed by atoms with Crippen LogP contribution in [-0.2, 0) is 10.0 Å². The van der Waals surface area contributed by atoms with Crippen molar-refractivity contribution in [1.82, 2.24) is 4.72 Å². The van der Waals surface area contributed by atoms with Gasteiger partial charge in [0.2, 0.25) is 21.7 Å². The van der Waals surface area contributed by atoms with Crippen LogP contribution >= 0.6 is 0 Å². The normalized spacial score (nSPS) is 16.8. The summed E-state index contributed by atoms with van der Waals surface area (Å²) in [6, 6.07) is -0.509. The van der Waals surface area contributed by atoms with Crippen molar-refractivity contribution in [1.29, 1.82) is 0 Å². The molecule has 0 spiro atoms. The van der Waals surface area contributed by atoms with Crippen LogP contribution in [0.15, 0.2) is 4.90 Å². The van der Waals surface area contributed by atoms with Crippen molar-refractivity contribution in [2.45, 2.75) is 43.0 Å². The van der Waals surface area contributed by atoms with E-state index in [1.807, 2.05) is 0 Å². The number of hydrogen-bond acceptors (Lipinski definition) is 3. The summed E-state index contributed by atoms with van der Waals surface area (Å²) < 4.78 is 85.4. The Kier molecular flexibility index (Phi) is 4.96. The van der Waals surface area contributed by atoms with Crippen LogP contribution in [-0.4, -0.2) is 21.6 Å². The van der Waals surface area contributed by atoms with E-state index in [1.165, 1.54) is 0 Å². The minimum absolute atomic E-state index is 0.504. The summed E-state index contributed by atoms with van der Waals surface area (Å²) >= 11 is 0. The molecule has 1 fully saturated rings. The van der Waals surface area contributed by atoms with Crippen LogP contribution in [0.25, 0.3) is 0 Å². The third kappa shape index (κ3) is 3.05. The molecule has 124 valence electrons. The molecule has 2 rings (SSSR count). The Labute approximate surface area is 125 Å². The highest BCUT2D eigenvalue weighted by atomic mass is 32.2. The topological polar surface area (TPSA) is 55.4 Å². The molecule has 9 heteroatoms. The molecule has 1 saturated carbocycles. The fourth-order valence-electron chi connectivity index (χ4n) is 2.51. The number of ether oxygens (including phenoxy) is 1. The highest BCUT2D eigenvalue weighted by Gasteiger charge is 2.35. The number of nitrogens with one attached hydrogen (secondary N) is 1. The summed E-state index contributed by atoms with van der Waals surface area (Å²) in [6.07, 6.45) is 3.48. The van der Waals surface area contributed by atoms with Crippen molar-refractivity contribution in [2.24, 2.45) is 0 Å². The lowest BCUT2D eigenvalue weighted by Gasteiger charge is -2.23. The third-order valence-electron chi connectivity index (χ3n) is 3.58. The summed E-state index contributed by atoms with van der Waals surface area (Å²) in [4.78, 5) is -1.66. The Morgan fingerprint density at radius 1 is 0.955 bits per heavy atom. The molecule has 1 N–H and O–H groups in total. The maximum Gasteiger partial charge on any atom is 0.246 e. The zero-order valence-corrected chi connectivity index (χ0v) is 12.6. The SMILES string of the molecule is COc1c(F)c(F)c(S(=O)(=O)NC2CCCCC2)c(F)c1F. The number of rotatable bonds is 4. The summed E-state index contributed by atoms with van der Waals surface area (Å²) in [7, 11) is -3.91. The molecule has 0 aliphatic heterocycles. The molecule has 1 aliphatic rings. The second kappa shape index (κ2) is 6.41. The van der Waals surface area contributed by atoms with Crippen molar-refractivity contribution in [3.05, 3.63) is 23.3 Å². The largest absolute Gasteiger partial charge is 0.491 e. The predicted molar refractivity (Wildman–Crippen MR) is 70.0 cm³/mol. The Morgan fingerprint density at radius 3 is 1.91 bits per heavy atom. The smallest absolute Gasteiger partial charge is 0.246 e. The van der Waals surface area contributed by atoms with Crippen molar-refractivity contribution < 1.29 is 30.7 Å². The van der Waals surface area contributed by atoms with E-state index in [0.717, 1.165) is 26.4 Å². The minimum atomic E-state index is -4.73. The van der Waals surface area contributed by atoms with Crippen LogP contribution in [0.3, 0.4) is 0 Å². The van der Waals surface area contributed by atoms with Gasteiger partial charge >= 0.3 is 0 Å². The standard InChI is InChI=1S/C13H15F4NO3S/c1-21-12-8(14)10(16)13(11(17)9(12)15)22(19,20)18-7-5-3-2-4-6-7/h7,18H,2-6H2,1H3. The van der Waals surface area contributed by atoms with E-state index in [9.17, 15) is 26.0 Å². The first kappa shape index (κ1) is 17.0. The molecule has 4 nitrogen and oxygen atoms in total. The molecule has 22 heavy (non-hydrogen) atoms. The molecular weight excluding hydrogens is 326 g/mol. The first-order valence-electron chi connectivity index (χ1n) is 6.72. The molecule has 0 aromatic heterocycles. The fraction of sp³-hybridized carbons (Fsp3) is 0.538. The van der Waals surface area contributed by atoms with Gasteiger partial charge < -0.3 is 4.74 Å². The average Bonchev–Trinajstić information content (AvgIpc) is 2.46. The van der Waals surface area contributed by atoms with Gasteiger partial charge in [-0.3, -0.25) is 0 Å². The second-order valence-electron chi connectivity index (χ2n) is 5.07. The van der Waals surface area contributed by atoms with Crippen molar-refractivity contribution in [2.75, 3.05) is 7.11 Å². The van der Waals surface area contributed by atoms with Gasteiger partial charge in [-0.05, 0) is 12.8 Å². The average molecular weight is 341 g/mol. The van der Waals surface area contributed by atoms with Crippen molar-refractivity contribution in [3.63, 3.8) is 0 Å². The molecule has 0 amide bonds. The highest BCUT2D eigenvalue weighted by Crippen LogP contribution is 2.32. The van der Waals surface area contributed by atoms with Crippen LogP contribution in [0.4, 0.5) is 17.6 Å². The molecule has 0 saturated heterocycles. The molecule has 0 bridgehead atoms. The van der Waals surface area contributed by atoms with Crippen LogP contribution in [0.2, 0.25) is 0 Å². The summed E-state index contributed by atoms with van der Waals surface area (Å²) in [5.74, 6) is -9.07. The zero-order chi connectivity index (χ0) is 16.5. The molecule has 1 aromatic carbocycles. The number of benzene rings is 1. The van der Waals surface area contributed by atoms with E-state index in [-0.39, 0.29) is 0 Å². The third-order valence-corrected chi connectivity index (χ3v) is 5.12. The second-order valence-corrected chi connectivity index (χ2v) is 6.73. The molecule has 1 aromatic rings. The first-order valence-corrected chi connectivity index (χ1v) is 8.20. The van der Waals surface area contributed by atoms with Gasteiger partial charge in [0.15, 0.2) is 22.3 Å². The van der Waals surface area contributed by atoms with Crippen LogP contribution in [0.5, 0.6) is 5.75 Å². The van der Waals surface area contributed by atoms with E-state index in [4.69, 9.17) is 0 Å². The summed E-state index contributed by atoms with van der Waals surface area (Å²) in [5, 5.41) is 0. The highest BCUT2D eigenvalue weighted by molar-refractivity contribution is 7.89. The lowest BCUT2D eigenvalue weighted by Crippen LogP contribution is -2.37. The Bertz CT molecular complexity index is 643. The minimum Gasteiger partial charge on any atom is -0.491 e. The van der Waals surface area contributed by atoms with Gasteiger partial charge in [-0.15, -0.1) is 0 Å². The van der Waals surface area contributed by atoms with Gasteiger partial charge in [0.05, 0.1) is 7.11 Å². The quantitative estimate of drug-likeness (QED) is 0.677. The van der Waals surface area contributed by atoms with Gasteiger partial charge in [-0.2, -0.15) is 8.78 Å².